The third-order valence-corrected chi connectivity index (χ3v) is 2.51. The van der Waals surface area contributed by atoms with E-state index in [-0.39, 0.29) is 5.82 Å². The van der Waals surface area contributed by atoms with Crippen LogP contribution in [0.15, 0.2) is 34.8 Å². The topological polar surface area (TPSA) is 20.2 Å². The molecular weight excluding hydrogens is 247 g/mol. The Hall–Kier alpha value is -0.670. The minimum absolute atomic E-state index is 0.358. The van der Waals surface area contributed by atoms with Gasteiger partial charge in [-0.05, 0) is 47.0 Å². The molecule has 0 bridgehead atoms. The second-order valence-electron chi connectivity index (χ2n) is 3.35. The van der Waals surface area contributed by atoms with Crippen LogP contribution in [0, 0.1) is 5.82 Å². The molecule has 0 saturated carbocycles. The first-order valence-corrected chi connectivity index (χ1v) is 5.07. The minimum atomic E-state index is -0.671. The summed E-state index contributed by atoms with van der Waals surface area (Å²) in [6.45, 7) is 5.53. The van der Waals surface area contributed by atoms with Crippen LogP contribution in [0.4, 0.5) is 4.39 Å². The first-order valence-electron chi connectivity index (χ1n) is 4.28. The normalized spacial score (nSPS) is 12.6. The van der Waals surface area contributed by atoms with Gasteiger partial charge in [0.25, 0.3) is 0 Å². The number of benzene rings is 1. The van der Waals surface area contributed by atoms with Gasteiger partial charge in [-0.1, -0.05) is 11.6 Å². The Kier molecular flexibility index (Phi) is 3.84. The maximum atomic E-state index is 13.1. The van der Waals surface area contributed by atoms with Crippen LogP contribution in [0.2, 0.25) is 0 Å². The molecule has 0 aliphatic carbocycles. The van der Waals surface area contributed by atoms with Gasteiger partial charge in [0.05, 0.1) is 10.6 Å². The number of hydrogen-bond acceptors (Lipinski definition) is 1. The first kappa shape index (κ1) is 11.4. The second-order valence-corrected chi connectivity index (χ2v) is 4.20. The molecule has 0 radical (unpaired) electrons. The largest absolute Gasteiger partial charge is 0.388 e. The molecule has 1 nitrogen and oxygen atoms in total. The number of aliphatic hydroxyl groups is 1. The molecule has 0 aliphatic rings. The van der Waals surface area contributed by atoms with Crippen molar-refractivity contribution in [1.82, 2.24) is 0 Å². The SMILES string of the molecule is C=C(C)CC(O)c1ccc(Br)c(F)c1. The Balaban J connectivity index is 2.85. The molecule has 0 aliphatic heterocycles. The average Bonchev–Trinajstić information content (AvgIpc) is 2.08. The summed E-state index contributed by atoms with van der Waals surface area (Å²) in [5.74, 6) is -0.358. The van der Waals surface area contributed by atoms with Gasteiger partial charge in [0.2, 0.25) is 0 Å². The molecule has 0 amide bonds. The minimum Gasteiger partial charge on any atom is -0.388 e. The van der Waals surface area contributed by atoms with Gasteiger partial charge >= 0.3 is 0 Å². The summed E-state index contributed by atoms with van der Waals surface area (Å²) < 4.78 is 13.5. The highest BCUT2D eigenvalue weighted by atomic mass is 79.9. The summed E-state index contributed by atoms with van der Waals surface area (Å²) in [4.78, 5) is 0. The van der Waals surface area contributed by atoms with Crippen molar-refractivity contribution in [2.45, 2.75) is 19.4 Å². The number of aliphatic hydroxyl groups excluding tert-OH is 1. The molecule has 1 aromatic rings. The summed E-state index contributed by atoms with van der Waals surface area (Å²) in [7, 11) is 0. The fourth-order valence-electron chi connectivity index (χ4n) is 1.17. The van der Waals surface area contributed by atoms with E-state index in [4.69, 9.17) is 0 Å². The molecule has 3 heteroatoms. The number of rotatable bonds is 3. The average molecular weight is 259 g/mol. The lowest BCUT2D eigenvalue weighted by Gasteiger charge is -2.10. The van der Waals surface area contributed by atoms with Crippen molar-refractivity contribution < 1.29 is 9.50 Å². The van der Waals surface area contributed by atoms with E-state index in [1.807, 2.05) is 6.92 Å². The lowest BCUT2D eigenvalue weighted by Crippen LogP contribution is -1.98. The van der Waals surface area contributed by atoms with Gasteiger partial charge in [-0.3, -0.25) is 0 Å². The van der Waals surface area contributed by atoms with Crippen molar-refractivity contribution >= 4 is 15.9 Å². The van der Waals surface area contributed by atoms with E-state index >= 15 is 0 Å². The Morgan fingerprint density at radius 1 is 1.64 bits per heavy atom. The number of halogens is 2. The van der Waals surface area contributed by atoms with Gasteiger partial charge in [-0.25, -0.2) is 4.39 Å². The zero-order chi connectivity index (χ0) is 10.7. The standard InChI is InChI=1S/C11H12BrFO/c1-7(2)5-11(14)8-3-4-9(12)10(13)6-8/h3-4,6,11,14H,1,5H2,2H3. The predicted octanol–water partition coefficient (Wildman–Crippen LogP) is 3.59. The molecule has 1 rings (SSSR count). The van der Waals surface area contributed by atoms with Crippen molar-refractivity contribution in [2.75, 3.05) is 0 Å². The van der Waals surface area contributed by atoms with Crippen LogP contribution in [0.3, 0.4) is 0 Å². The highest BCUT2D eigenvalue weighted by Crippen LogP contribution is 2.24. The van der Waals surface area contributed by atoms with Crippen LogP contribution >= 0.6 is 15.9 Å². The highest BCUT2D eigenvalue weighted by Gasteiger charge is 2.09. The summed E-state index contributed by atoms with van der Waals surface area (Å²) in [6.07, 6.45) is -0.212. The van der Waals surface area contributed by atoms with Crippen molar-refractivity contribution in [3.8, 4) is 0 Å². The monoisotopic (exact) mass is 258 g/mol. The Bertz CT molecular complexity index is 349. The van der Waals surface area contributed by atoms with Crippen LogP contribution in [0.1, 0.15) is 25.0 Å². The maximum absolute atomic E-state index is 13.1. The van der Waals surface area contributed by atoms with Crippen molar-refractivity contribution in [2.24, 2.45) is 0 Å². The van der Waals surface area contributed by atoms with Crippen LogP contribution in [-0.4, -0.2) is 5.11 Å². The molecule has 0 saturated heterocycles. The molecule has 0 aromatic heterocycles. The van der Waals surface area contributed by atoms with E-state index in [2.05, 4.69) is 22.5 Å². The third kappa shape index (κ3) is 2.93. The quantitative estimate of drug-likeness (QED) is 0.822. The fraction of sp³-hybridized carbons (Fsp3) is 0.273. The van der Waals surface area contributed by atoms with E-state index < -0.39 is 6.10 Å². The van der Waals surface area contributed by atoms with Crippen LogP contribution in [0.5, 0.6) is 0 Å². The summed E-state index contributed by atoms with van der Waals surface area (Å²) in [6, 6.07) is 4.62. The summed E-state index contributed by atoms with van der Waals surface area (Å²) >= 11 is 3.06. The molecular formula is C11H12BrFO. The molecule has 76 valence electrons. The van der Waals surface area contributed by atoms with Crippen molar-refractivity contribution in [3.63, 3.8) is 0 Å². The van der Waals surface area contributed by atoms with Gasteiger partial charge in [-0.15, -0.1) is 6.58 Å². The van der Waals surface area contributed by atoms with Crippen LogP contribution < -0.4 is 0 Å². The van der Waals surface area contributed by atoms with E-state index in [0.29, 0.717) is 16.5 Å². The van der Waals surface area contributed by atoms with Gasteiger partial charge < -0.3 is 5.11 Å². The first-order chi connectivity index (χ1) is 6.50. The van der Waals surface area contributed by atoms with E-state index in [9.17, 15) is 9.50 Å². The molecule has 0 fully saturated rings. The van der Waals surface area contributed by atoms with Gasteiger partial charge in [0, 0.05) is 0 Å². The van der Waals surface area contributed by atoms with Gasteiger partial charge in [-0.2, -0.15) is 0 Å². The molecule has 1 unspecified atom stereocenters. The number of hydrogen-bond donors (Lipinski definition) is 1. The zero-order valence-corrected chi connectivity index (χ0v) is 9.51. The molecule has 0 heterocycles. The van der Waals surface area contributed by atoms with Crippen molar-refractivity contribution in [1.29, 1.82) is 0 Å². The molecule has 1 atom stereocenters. The smallest absolute Gasteiger partial charge is 0.137 e. The predicted molar refractivity (Wildman–Crippen MR) is 58.5 cm³/mol. The van der Waals surface area contributed by atoms with Crippen LogP contribution in [0.25, 0.3) is 0 Å². The van der Waals surface area contributed by atoms with E-state index in [1.165, 1.54) is 6.07 Å². The molecule has 14 heavy (non-hydrogen) atoms. The highest BCUT2D eigenvalue weighted by molar-refractivity contribution is 9.10. The zero-order valence-electron chi connectivity index (χ0n) is 7.93. The molecule has 1 aromatic carbocycles. The Labute approximate surface area is 91.4 Å². The summed E-state index contributed by atoms with van der Waals surface area (Å²) in [5, 5.41) is 9.66. The van der Waals surface area contributed by atoms with Crippen molar-refractivity contribution in [3.05, 3.63) is 46.2 Å². The fourth-order valence-corrected chi connectivity index (χ4v) is 1.41. The summed E-state index contributed by atoms with van der Waals surface area (Å²) in [5.41, 5.74) is 1.45. The van der Waals surface area contributed by atoms with Gasteiger partial charge in [0.15, 0.2) is 0 Å². The Morgan fingerprint density at radius 3 is 2.79 bits per heavy atom. The van der Waals surface area contributed by atoms with Crippen LogP contribution in [-0.2, 0) is 0 Å². The lowest BCUT2D eigenvalue weighted by molar-refractivity contribution is 0.178. The maximum Gasteiger partial charge on any atom is 0.137 e. The molecule has 1 N–H and O–H groups in total. The third-order valence-electron chi connectivity index (χ3n) is 1.87. The lowest BCUT2D eigenvalue weighted by atomic mass is 10.0. The van der Waals surface area contributed by atoms with E-state index in [0.717, 1.165) is 5.57 Å². The second kappa shape index (κ2) is 4.71. The Morgan fingerprint density at radius 2 is 2.29 bits per heavy atom. The van der Waals surface area contributed by atoms with Gasteiger partial charge in [0.1, 0.15) is 5.82 Å². The molecule has 0 spiro atoms. The van der Waals surface area contributed by atoms with E-state index in [1.54, 1.807) is 12.1 Å².